The van der Waals surface area contributed by atoms with Crippen LogP contribution in [-0.2, 0) is 4.79 Å². The summed E-state index contributed by atoms with van der Waals surface area (Å²) in [6.45, 7) is 4.16. The number of fused-ring (bicyclic) bond motifs is 1. The van der Waals surface area contributed by atoms with E-state index in [1.54, 1.807) is 42.5 Å². The molecule has 1 aliphatic heterocycles. The average Bonchev–Trinajstić information content (AvgIpc) is 3.09. The van der Waals surface area contributed by atoms with Crippen molar-refractivity contribution in [2.24, 2.45) is 5.92 Å². The molecule has 0 radical (unpaired) electrons. The van der Waals surface area contributed by atoms with Crippen molar-refractivity contribution >= 4 is 29.1 Å². The third-order valence-electron chi connectivity index (χ3n) is 4.08. The molecule has 0 bridgehead atoms. The lowest BCUT2D eigenvalue weighted by atomic mass is 10.0. The van der Waals surface area contributed by atoms with Crippen LogP contribution in [0.2, 0.25) is 5.02 Å². The predicted molar refractivity (Wildman–Crippen MR) is 103 cm³/mol. The quantitative estimate of drug-likeness (QED) is 0.788. The van der Waals surface area contributed by atoms with Gasteiger partial charge < -0.3 is 20.1 Å². The summed E-state index contributed by atoms with van der Waals surface area (Å²) in [6, 6.07) is 11.0. The van der Waals surface area contributed by atoms with E-state index in [9.17, 15) is 9.59 Å². The van der Waals surface area contributed by atoms with E-state index in [0.29, 0.717) is 34.2 Å². The van der Waals surface area contributed by atoms with Crippen molar-refractivity contribution in [2.45, 2.75) is 26.3 Å². The number of ether oxygens (including phenoxy) is 2. The Morgan fingerprint density at radius 3 is 2.48 bits per heavy atom. The molecule has 2 aromatic rings. The van der Waals surface area contributed by atoms with Gasteiger partial charge in [-0.2, -0.15) is 0 Å². The number of carbonyl (C=O) groups excluding carboxylic acids is 2. The molecule has 0 spiro atoms. The Morgan fingerprint density at radius 2 is 1.78 bits per heavy atom. The van der Waals surface area contributed by atoms with Crippen LogP contribution in [0, 0.1) is 5.92 Å². The van der Waals surface area contributed by atoms with Gasteiger partial charge >= 0.3 is 0 Å². The predicted octanol–water partition coefficient (Wildman–Crippen LogP) is 3.85. The minimum absolute atomic E-state index is 0.167. The Kier molecular flexibility index (Phi) is 5.86. The monoisotopic (exact) mass is 388 g/mol. The smallest absolute Gasteiger partial charge is 0.251 e. The van der Waals surface area contributed by atoms with Crippen LogP contribution in [0.1, 0.15) is 30.6 Å². The summed E-state index contributed by atoms with van der Waals surface area (Å²) in [5.41, 5.74) is 1.03. The van der Waals surface area contributed by atoms with Crippen molar-refractivity contribution < 1.29 is 19.1 Å². The van der Waals surface area contributed by atoms with Crippen LogP contribution < -0.4 is 20.1 Å². The number of amides is 2. The second-order valence-electron chi connectivity index (χ2n) is 6.72. The van der Waals surface area contributed by atoms with Crippen molar-refractivity contribution in [1.29, 1.82) is 0 Å². The lowest BCUT2D eigenvalue weighted by Gasteiger charge is -2.20. The molecule has 1 heterocycles. The summed E-state index contributed by atoms with van der Waals surface area (Å²) in [5.74, 6) is 0.840. The highest BCUT2D eigenvalue weighted by molar-refractivity contribution is 6.30. The Balaban J connectivity index is 1.70. The lowest BCUT2D eigenvalue weighted by Crippen LogP contribution is -2.44. The van der Waals surface area contributed by atoms with Crippen molar-refractivity contribution in [1.82, 2.24) is 5.32 Å². The first-order valence-corrected chi connectivity index (χ1v) is 9.07. The Bertz CT molecular complexity index is 836. The van der Waals surface area contributed by atoms with Gasteiger partial charge in [0.15, 0.2) is 11.5 Å². The summed E-state index contributed by atoms with van der Waals surface area (Å²) in [6.07, 6.45) is 0.510. The normalized spacial score (nSPS) is 13.3. The Morgan fingerprint density at radius 1 is 1.07 bits per heavy atom. The van der Waals surface area contributed by atoms with Gasteiger partial charge in [-0.05, 0) is 48.7 Å². The van der Waals surface area contributed by atoms with E-state index < -0.39 is 6.04 Å². The first kappa shape index (κ1) is 19.0. The van der Waals surface area contributed by atoms with E-state index in [0.717, 1.165) is 0 Å². The second kappa shape index (κ2) is 8.31. The number of benzene rings is 2. The van der Waals surface area contributed by atoms with Gasteiger partial charge in [0.2, 0.25) is 12.7 Å². The zero-order valence-electron chi connectivity index (χ0n) is 15.1. The zero-order chi connectivity index (χ0) is 19.4. The molecular formula is C20H21ClN2O4. The number of halogens is 1. The molecule has 0 fully saturated rings. The zero-order valence-corrected chi connectivity index (χ0v) is 15.9. The van der Waals surface area contributed by atoms with Crippen molar-refractivity contribution in [3.8, 4) is 11.5 Å². The SMILES string of the molecule is CC(C)CC(NC(=O)c1ccc(Cl)cc1)C(=O)Nc1ccc2c(c1)OCO2. The molecular weight excluding hydrogens is 368 g/mol. The van der Waals surface area contributed by atoms with Gasteiger partial charge in [0.05, 0.1) is 0 Å². The molecule has 0 saturated heterocycles. The number of hydrogen-bond donors (Lipinski definition) is 2. The summed E-state index contributed by atoms with van der Waals surface area (Å²) < 4.78 is 10.6. The molecule has 2 N–H and O–H groups in total. The lowest BCUT2D eigenvalue weighted by molar-refractivity contribution is -0.118. The van der Waals surface area contributed by atoms with Crippen molar-refractivity contribution in [3.05, 3.63) is 53.1 Å². The van der Waals surface area contributed by atoms with Crippen LogP contribution in [-0.4, -0.2) is 24.6 Å². The van der Waals surface area contributed by atoms with Crippen LogP contribution in [0.25, 0.3) is 0 Å². The van der Waals surface area contributed by atoms with Gasteiger partial charge in [-0.3, -0.25) is 9.59 Å². The van der Waals surface area contributed by atoms with Crippen LogP contribution >= 0.6 is 11.6 Å². The minimum Gasteiger partial charge on any atom is -0.454 e. The maximum atomic E-state index is 12.8. The van der Waals surface area contributed by atoms with Gasteiger partial charge in [-0.25, -0.2) is 0 Å². The van der Waals surface area contributed by atoms with Crippen LogP contribution in [0.5, 0.6) is 11.5 Å². The number of rotatable bonds is 6. The third kappa shape index (κ3) is 4.92. The van der Waals surface area contributed by atoms with E-state index in [-0.39, 0.29) is 24.5 Å². The molecule has 142 valence electrons. The maximum absolute atomic E-state index is 12.8. The van der Waals surface area contributed by atoms with E-state index in [1.807, 2.05) is 13.8 Å². The molecule has 0 aliphatic carbocycles. The summed E-state index contributed by atoms with van der Waals surface area (Å²) in [4.78, 5) is 25.2. The van der Waals surface area contributed by atoms with E-state index in [4.69, 9.17) is 21.1 Å². The van der Waals surface area contributed by atoms with Gasteiger partial charge in [0.1, 0.15) is 6.04 Å². The molecule has 2 amide bonds. The third-order valence-corrected chi connectivity index (χ3v) is 4.33. The molecule has 7 heteroatoms. The van der Waals surface area contributed by atoms with Gasteiger partial charge in [0.25, 0.3) is 5.91 Å². The highest BCUT2D eigenvalue weighted by atomic mass is 35.5. The van der Waals surface area contributed by atoms with Gasteiger partial charge in [-0.15, -0.1) is 0 Å². The maximum Gasteiger partial charge on any atom is 0.251 e. The fourth-order valence-corrected chi connectivity index (χ4v) is 2.88. The van der Waals surface area contributed by atoms with E-state index in [2.05, 4.69) is 10.6 Å². The highest BCUT2D eigenvalue weighted by Crippen LogP contribution is 2.34. The molecule has 3 rings (SSSR count). The molecule has 27 heavy (non-hydrogen) atoms. The number of carbonyl (C=O) groups is 2. The molecule has 0 aromatic heterocycles. The molecule has 1 unspecified atom stereocenters. The first-order valence-electron chi connectivity index (χ1n) is 8.69. The average molecular weight is 389 g/mol. The van der Waals surface area contributed by atoms with Gasteiger partial charge in [0, 0.05) is 22.3 Å². The molecule has 1 aliphatic rings. The summed E-state index contributed by atoms with van der Waals surface area (Å²) >= 11 is 5.86. The van der Waals surface area contributed by atoms with Crippen LogP contribution in [0.4, 0.5) is 5.69 Å². The molecule has 0 saturated carbocycles. The Labute approximate surface area is 162 Å². The van der Waals surface area contributed by atoms with E-state index >= 15 is 0 Å². The van der Waals surface area contributed by atoms with Crippen molar-refractivity contribution in [3.63, 3.8) is 0 Å². The van der Waals surface area contributed by atoms with E-state index in [1.165, 1.54) is 0 Å². The number of anilines is 1. The minimum atomic E-state index is -0.668. The van der Waals surface area contributed by atoms with Gasteiger partial charge in [-0.1, -0.05) is 25.4 Å². The number of hydrogen-bond acceptors (Lipinski definition) is 4. The standard InChI is InChI=1S/C20H21ClN2O4/c1-12(2)9-16(23-19(24)13-3-5-14(21)6-4-13)20(25)22-15-7-8-17-18(10-15)27-11-26-17/h3-8,10,12,16H,9,11H2,1-2H3,(H,22,25)(H,23,24). The largest absolute Gasteiger partial charge is 0.454 e. The summed E-state index contributed by atoms with van der Waals surface area (Å²) in [5, 5.41) is 6.19. The van der Waals surface area contributed by atoms with Crippen molar-refractivity contribution in [2.75, 3.05) is 12.1 Å². The summed E-state index contributed by atoms with van der Waals surface area (Å²) in [7, 11) is 0. The Hall–Kier alpha value is -2.73. The fourth-order valence-electron chi connectivity index (χ4n) is 2.75. The topological polar surface area (TPSA) is 76.7 Å². The highest BCUT2D eigenvalue weighted by Gasteiger charge is 2.23. The second-order valence-corrected chi connectivity index (χ2v) is 7.16. The number of nitrogens with one attached hydrogen (secondary N) is 2. The molecule has 1 atom stereocenters. The fraction of sp³-hybridized carbons (Fsp3) is 0.300. The molecule has 2 aromatic carbocycles. The van der Waals surface area contributed by atoms with Crippen LogP contribution in [0.15, 0.2) is 42.5 Å². The first-order chi connectivity index (χ1) is 12.9. The molecule has 6 nitrogen and oxygen atoms in total. The van der Waals surface area contributed by atoms with Crippen LogP contribution in [0.3, 0.4) is 0 Å².